The topological polar surface area (TPSA) is 72.5 Å². The molecule has 7 heteroatoms. The van der Waals surface area contributed by atoms with Crippen LogP contribution in [0.4, 0.5) is 5.82 Å². The van der Waals surface area contributed by atoms with E-state index in [1.54, 1.807) is 0 Å². The number of piperazine rings is 1. The Morgan fingerprint density at radius 1 is 1.33 bits per heavy atom. The molecular weight excluding hydrogens is 304 g/mol. The standard InChI is InChI=1S/C17H28N6O/c1-14-15(13-20-21-14)12-18-7-5-17(24)23-10-8-22(9-11-23)16-4-2-3-6-19-16/h2-4,6,14-15,18,20-21H,5,7-13H2,1H3. The molecule has 2 atom stereocenters. The molecule has 3 rings (SSSR count). The number of hydrogen-bond acceptors (Lipinski definition) is 6. The summed E-state index contributed by atoms with van der Waals surface area (Å²) in [6.45, 7) is 8.13. The number of hydrazine groups is 1. The number of anilines is 1. The Morgan fingerprint density at radius 2 is 2.17 bits per heavy atom. The largest absolute Gasteiger partial charge is 0.353 e. The molecule has 0 radical (unpaired) electrons. The van der Waals surface area contributed by atoms with Crippen LogP contribution in [0.1, 0.15) is 13.3 Å². The predicted molar refractivity (Wildman–Crippen MR) is 94.6 cm³/mol. The van der Waals surface area contributed by atoms with Crippen LogP contribution in [0, 0.1) is 5.92 Å². The number of carbonyl (C=O) groups excluding carboxylic acids is 1. The van der Waals surface area contributed by atoms with E-state index >= 15 is 0 Å². The minimum Gasteiger partial charge on any atom is -0.353 e. The molecule has 24 heavy (non-hydrogen) atoms. The maximum absolute atomic E-state index is 12.3. The summed E-state index contributed by atoms with van der Waals surface area (Å²) in [6, 6.07) is 6.43. The number of carbonyl (C=O) groups is 1. The van der Waals surface area contributed by atoms with E-state index < -0.39 is 0 Å². The highest BCUT2D eigenvalue weighted by molar-refractivity contribution is 5.76. The average Bonchev–Trinajstić information content (AvgIpc) is 3.04. The van der Waals surface area contributed by atoms with Crippen LogP contribution in [0.3, 0.4) is 0 Å². The van der Waals surface area contributed by atoms with Gasteiger partial charge in [0, 0.05) is 70.4 Å². The first-order valence-corrected chi connectivity index (χ1v) is 8.87. The summed E-state index contributed by atoms with van der Waals surface area (Å²) >= 11 is 0. The molecule has 2 unspecified atom stereocenters. The second-order valence-electron chi connectivity index (χ2n) is 6.58. The first-order chi connectivity index (χ1) is 11.7. The lowest BCUT2D eigenvalue weighted by atomic mass is 10.0. The van der Waals surface area contributed by atoms with Crippen molar-refractivity contribution >= 4 is 11.7 Å². The minimum absolute atomic E-state index is 0.249. The van der Waals surface area contributed by atoms with E-state index in [-0.39, 0.29) is 5.91 Å². The van der Waals surface area contributed by atoms with E-state index in [4.69, 9.17) is 0 Å². The molecule has 7 nitrogen and oxygen atoms in total. The van der Waals surface area contributed by atoms with Crippen LogP contribution in [-0.4, -0.2) is 67.6 Å². The smallest absolute Gasteiger partial charge is 0.223 e. The van der Waals surface area contributed by atoms with Gasteiger partial charge >= 0.3 is 0 Å². The van der Waals surface area contributed by atoms with Crippen LogP contribution in [0.25, 0.3) is 0 Å². The molecule has 1 aromatic heterocycles. The van der Waals surface area contributed by atoms with Gasteiger partial charge in [-0.15, -0.1) is 0 Å². The summed E-state index contributed by atoms with van der Waals surface area (Å²) in [5.41, 5.74) is 6.38. The summed E-state index contributed by atoms with van der Waals surface area (Å²) in [4.78, 5) is 20.9. The SMILES string of the molecule is CC1NNCC1CNCCC(=O)N1CCN(c2ccccn2)CC1. The molecule has 1 amide bonds. The molecule has 0 aromatic carbocycles. The third kappa shape index (κ3) is 4.43. The molecule has 0 saturated carbocycles. The van der Waals surface area contributed by atoms with E-state index in [2.05, 4.69) is 33.0 Å². The van der Waals surface area contributed by atoms with Gasteiger partial charge in [-0.2, -0.15) is 0 Å². The highest BCUT2D eigenvalue weighted by Gasteiger charge is 2.23. The van der Waals surface area contributed by atoms with Crippen LogP contribution in [-0.2, 0) is 4.79 Å². The van der Waals surface area contributed by atoms with Crippen molar-refractivity contribution in [3.05, 3.63) is 24.4 Å². The normalized spacial score (nSPS) is 24.4. The zero-order chi connectivity index (χ0) is 16.8. The molecule has 2 aliphatic heterocycles. The van der Waals surface area contributed by atoms with E-state index in [9.17, 15) is 4.79 Å². The molecule has 2 aliphatic rings. The van der Waals surface area contributed by atoms with E-state index in [0.717, 1.165) is 51.6 Å². The van der Waals surface area contributed by atoms with Crippen LogP contribution in [0.2, 0.25) is 0 Å². The lowest BCUT2D eigenvalue weighted by molar-refractivity contribution is -0.131. The molecule has 3 N–H and O–H groups in total. The number of rotatable bonds is 6. The summed E-state index contributed by atoms with van der Waals surface area (Å²) < 4.78 is 0. The van der Waals surface area contributed by atoms with Gasteiger partial charge in [0.25, 0.3) is 0 Å². The van der Waals surface area contributed by atoms with E-state index in [1.165, 1.54) is 0 Å². The number of pyridine rings is 1. The highest BCUT2D eigenvalue weighted by Crippen LogP contribution is 2.13. The second-order valence-corrected chi connectivity index (χ2v) is 6.58. The fraction of sp³-hybridized carbons (Fsp3) is 0.647. The zero-order valence-electron chi connectivity index (χ0n) is 14.4. The van der Waals surface area contributed by atoms with Crippen LogP contribution in [0.5, 0.6) is 0 Å². The summed E-state index contributed by atoms with van der Waals surface area (Å²) in [6.07, 6.45) is 2.39. The monoisotopic (exact) mass is 332 g/mol. The highest BCUT2D eigenvalue weighted by atomic mass is 16.2. The van der Waals surface area contributed by atoms with Gasteiger partial charge in [-0.3, -0.25) is 15.6 Å². The fourth-order valence-electron chi connectivity index (χ4n) is 3.26. The maximum Gasteiger partial charge on any atom is 0.223 e. The van der Waals surface area contributed by atoms with Crippen molar-refractivity contribution in [1.82, 2.24) is 26.1 Å². The third-order valence-corrected chi connectivity index (χ3v) is 4.93. The fourth-order valence-corrected chi connectivity index (χ4v) is 3.26. The number of hydrogen-bond donors (Lipinski definition) is 3. The molecule has 1 aromatic rings. The van der Waals surface area contributed by atoms with Crippen molar-refractivity contribution in [2.45, 2.75) is 19.4 Å². The van der Waals surface area contributed by atoms with Gasteiger partial charge in [0.2, 0.25) is 5.91 Å². The predicted octanol–water partition coefficient (Wildman–Crippen LogP) is -0.178. The van der Waals surface area contributed by atoms with Crippen LogP contribution >= 0.6 is 0 Å². The molecule has 2 saturated heterocycles. The Kier molecular flexibility index (Phi) is 6.01. The van der Waals surface area contributed by atoms with Gasteiger partial charge < -0.3 is 15.1 Å². The Hall–Kier alpha value is -1.70. The Balaban J connectivity index is 1.33. The van der Waals surface area contributed by atoms with E-state index in [0.29, 0.717) is 18.4 Å². The Bertz CT molecular complexity index is 517. The third-order valence-electron chi connectivity index (χ3n) is 4.93. The first-order valence-electron chi connectivity index (χ1n) is 8.87. The molecule has 132 valence electrons. The second kappa shape index (κ2) is 8.41. The summed E-state index contributed by atoms with van der Waals surface area (Å²) in [5, 5.41) is 3.41. The maximum atomic E-state index is 12.3. The van der Waals surface area contributed by atoms with Crippen molar-refractivity contribution in [3.8, 4) is 0 Å². The molecule has 0 bridgehead atoms. The zero-order valence-corrected chi connectivity index (χ0v) is 14.4. The quantitative estimate of drug-likeness (QED) is 0.628. The lowest BCUT2D eigenvalue weighted by Crippen LogP contribution is -2.49. The van der Waals surface area contributed by atoms with Gasteiger partial charge in [0.1, 0.15) is 5.82 Å². The van der Waals surface area contributed by atoms with Gasteiger partial charge in [-0.1, -0.05) is 6.07 Å². The van der Waals surface area contributed by atoms with Gasteiger partial charge in [-0.05, 0) is 19.1 Å². The number of aromatic nitrogens is 1. The summed E-state index contributed by atoms with van der Waals surface area (Å²) in [7, 11) is 0. The minimum atomic E-state index is 0.249. The number of nitrogens with zero attached hydrogens (tertiary/aromatic N) is 3. The summed E-state index contributed by atoms with van der Waals surface area (Å²) in [5.74, 6) is 1.83. The van der Waals surface area contributed by atoms with Crippen molar-refractivity contribution in [3.63, 3.8) is 0 Å². The van der Waals surface area contributed by atoms with Crippen molar-refractivity contribution in [2.75, 3.05) is 50.7 Å². The molecule has 3 heterocycles. The first kappa shape index (κ1) is 17.1. The van der Waals surface area contributed by atoms with Crippen LogP contribution in [0.15, 0.2) is 24.4 Å². The van der Waals surface area contributed by atoms with Gasteiger partial charge in [0.15, 0.2) is 0 Å². The van der Waals surface area contributed by atoms with Gasteiger partial charge in [-0.25, -0.2) is 4.98 Å². The Morgan fingerprint density at radius 3 is 2.83 bits per heavy atom. The van der Waals surface area contributed by atoms with Crippen molar-refractivity contribution in [1.29, 1.82) is 0 Å². The van der Waals surface area contributed by atoms with Crippen LogP contribution < -0.4 is 21.1 Å². The van der Waals surface area contributed by atoms with Crippen molar-refractivity contribution in [2.24, 2.45) is 5.92 Å². The van der Waals surface area contributed by atoms with Crippen molar-refractivity contribution < 1.29 is 4.79 Å². The van der Waals surface area contributed by atoms with Gasteiger partial charge in [0.05, 0.1) is 0 Å². The lowest BCUT2D eigenvalue weighted by Gasteiger charge is -2.35. The number of amides is 1. The molecule has 0 spiro atoms. The molecular formula is C17H28N6O. The number of nitrogens with one attached hydrogen (secondary N) is 3. The average molecular weight is 332 g/mol. The Labute approximate surface area is 143 Å². The van der Waals surface area contributed by atoms with E-state index in [1.807, 2.05) is 29.3 Å². The molecule has 0 aliphatic carbocycles. The molecule has 2 fully saturated rings.